The molecule has 3 nitrogen and oxygen atoms in total. The van der Waals surface area contributed by atoms with E-state index in [1.54, 1.807) is 29.7 Å². The lowest BCUT2D eigenvalue weighted by Crippen LogP contribution is -2.31. The van der Waals surface area contributed by atoms with E-state index in [4.69, 9.17) is 4.74 Å². The van der Waals surface area contributed by atoms with E-state index in [2.05, 4.69) is 27.4 Å². The van der Waals surface area contributed by atoms with E-state index < -0.39 is 0 Å². The van der Waals surface area contributed by atoms with Crippen LogP contribution < -0.4 is 0 Å². The molecule has 0 spiro atoms. The van der Waals surface area contributed by atoms with Crippen LogP contribution in [0.15, 0.2) is 48.0 Å². The summed E-state index contributed by atoms with van der Waals surface area (Å²) in [4.78, 5) is 8.15. The van der Waals surface area contributed by atoms with Gasteiger partial charge in [-0.15, -0.1) is 11.3 Å². The average Bonchev–Trinajstić information content (AvgIpc) is 3.28. The summed E-state index contributed by atoms with van der Waals surface area (Å²) >= 11 is 1.75. The zero-order valence-corrected chi connectivity index (χ0v) is 14.8. The highest BCUT2D eigenvalue weighted by molar-refractivity contribution is 7.09. The van der Waals surface area contributed by atoms with Gasteiger partial charge in [0.25, 0.3) is 0 Å². The zero-order valence-electron chi connectivity index (χ0n) is 14.0. The summed E-state index contributed by atoms with van der Waals surface area (Å²) < 4.78 is 19.9. The molecule has 5 heteroatoms. The van der Waals surface area contributed by atoms with Gasteiger partial charge in [-0.3, -0.25) is 9.88 Å². The van der Waals surface area contributed by atoms with Gasteiger partial charge in [0.1, 0.15) is 5.82 Å². The summed E-state index contributed by atoms with van der Waals surface area (Å²) in [5, 5.41) is 2.95. The van der Waals surface area contributed by atoms with Crippen molar-refractivity contribution in [2.24, 2.45) is 0 Å². The molecule has 1 saturated heterocycles. The molecular formula is C20H21FN2OS. The van der Waals surface area contributed by atoms with Crippen molar-refractivity contribution in [3.63, 3.8) is 0 Å². The lowest BCUT2D eigenvalue weighted by molar-refractivity contribution is 0.0683. The molecule has 3 heterocycles. The van der Waals surface area contributed by atoms with E-state index in [1.165, 1.54) is 4.88 Å². The number of pyridine rings is 1. The van der Waals surface area contributed by atoms with Gasteiger partial charge in [-0.1, -0.05) is 12.1 Å². The highest BCUT2D eigenvalue weighted by Crippen LogP contribution is 2.23. The number of ether oxygens (including phenoxy) is 1. The standard InChI is InChI=1S/C20H21FN2OS/c21-17-10-15-4-1-7-22-20(15)16(11-17)12-23(13-18-5-2-8-24-18)14-19-6-3-9-25-19/h1,3-4,6-7,9-11,18H,2,5,8,12-14H2. The maximum Gasteiger partial charge on any atom is 0.124 e. The van der Waals surface area contributed by atoms with Gasteiger partial charge in [0.05, 0.1) is 11.6 Å². The Hall–Kier alpha value is -1.82. The molecule has 0 amide bonds. The largest absolute Gasteiger partial charge is 0.377 e. The minimum Gasteiger partial charge on any atom is -0.377 e. The normalized spacial score (nSPS) is 17.6. The smallest absolute Gasteiger partial charge is 0.124 e. The molecule has 0 bridgehead atoms. The fourth-order valence-corrected chi connectivity index (χ4v) is 4.22. The Morgan fingerprint density at radius 3 is 3.00 bits per heavy atom. The van der Waals surface area contributed by atoms with E-state index in [0.29, 0.717) is 6.54 Å². The Morgan fingerprint density at radius 1 is 1.24 bits per heavy atom. The van der Waals surface area contributed by atoms with Gasteiger partial charge < -0.3 is 4.74 Å². The van der Waals surface area contributed by atoms with Gasteiger partial charge >= 0.3 is 0 Å². The second-order valence-corrected chi connectivity index (χ2v) is 7.56. The van der Waals surface area contributed by atoms with Gasteiger partial charge in [-0.2, -0.15) is 0 Å². The number of benzene rings is 1. The molecule has 1 aromatic carbocycles. The minimum absolute atomic E-state index is 0.205. The Bertz CT molecular complexity index is 831. The lowest BCUT2D eigenvalue weighted by atomic mass is 10.1. The van der Waals surface area contributed by atoms with Crippen LogP contribution in [0.1, 0.15) is 23.3 Å². The fraction of sp³-hybridized carbons (Fsp3) is 0.350. The molecule has 130 valence electrons. The van der Waals surface area contributed by atoms with E-state index in [9.17, 15) is 4.39 Å². The molecule has 3 aromatic rings. The predicted molar refractivity (Wildman–Crippen MR) is 99.1 cm³/mol. The third kappa shape index (κ3) is 4.06. The summed E-state index contributed by atoms with van der Waals surface area (Å²) in [6.45, 7) is 3.23. The van der Waals surface area contributed by atoms with Crippen LogP contribution in [0.2, 0.25) is 0 Å². The number of hydrogen-bond donors (Lipinski definition) is 0. The summed E-state index contributed by atoms with van der Waals surface area (Å²) in [6, 6.07) is 11.2. The molecule has 1 aliphatic heterocycles. The van der Waals surface area contributed by atoms with Crippen LogP contribution in [0.4, 0.5) is 4.39 Å². The third-order valence-corrected chi connectivity index (χ3v) is 5.45. The molecule has 1 aliphatic rings. The van der Waals surface area contributed by atoms with E-state index in [-0.39, 0.29) is 11.9 Å². The van der Waals surface area contributed by atoms with Crippen molar-refractivity contribution < 1.29 is 9.13 Å². The third-order valence-electron chi connectivity index (χ3n) is 4.59. The minimum atomic E-state index is -0.205. The summed E-state index contributed by atoms with van der Waals surface area (Å²) in [6.07, 6.45) is 4.27. The molecule has 1 fully saturated rings. The van der Waals surface area contributed by atoms with E-state index in [1.807, 2.05) is 12.1 Å². The first-order valence-electron chi connectivity index (χ1n) is 8.67. The molecule has 1 atom stereocenters. The molecule has 0 radical (unpaired) electrons. The number of hydrogen-bond acceptors (Lipinski definition) is 4. The van der Waals surface area contributed by atoms with Crippen molar-refractivity contribution in [2.75, 3.05) is 13.2 Å². The van der Waals surface area contributed by atoms with Crippen LogP contribution in [0.25, 0.3) is 10.9 Å². The molecule has 0 saturated carbocycles. The summed E-state index contributed by atoms with van der Waals surface area (Å²) in [7, 11) is 0. The van der Waals surface area contributed by atoms with Gasteiger partial charge in [0, 0.05) is 42.7 Å². The van der Waals surface area contributed by atoms with Crippen LogP contribution in [-0.2, 0) is 17.8 Å². The topological polar surface area (TPSA) is 25.4 Å². The highest BCUT2D eigenvalue weighted by Gasteiger charge is 2.21. The van der Waals surface area contributed by atoms with Crippen molar-refractivity contribution >= 4 is 22.2 Å². The number of halogens is 1. The van der Waals surface area contributed by atoms with Crippen LogP contribution >= 0.6 is 11.3 Å². The van der Waals surface area contributed by atoms with Gasteiger partial charge in [0.15, 0.2) is 0 Å². The molecule has 0 aliphatic carbocycles. The lowest BCUT2D eigenvalue weighted by Gasteiger charge is -2.25. The molecule has 1 unspecified atom stereocenters. The Labute approximate surface area is 151 Å². The first kappa shape index (κ1) is 16.6. The Morgan fingerprint density at radius 2 is 2.20 bits per heavy atom. The number of rotatable bonds is 6. The Balaban J connectivity index is 1.60. The van der Waals surface area contributed by atoms with Crippen molar-refractivity contribution in [2.45, 2.75) is 32.0 Å². The fourth-order valence-electron chi connectivity index (χ4n) is 3.47. The van der Waals surface area contributed by atoms with Gasteiger partial charge in [-0.05, 0) is 48.1 Å². The number of thiophene rings is 1. The van der Waals surface area contributed by atoms with Crippen molar-refractivity contribution in [1.82, 2.24) is 9.88 Å². The maximum atomic E-state index is 14.1. The number of nitrogens with zero attached hydrogens (tertiary/aromatic N) is 2. The number of aromatic nitrogens is 1. The van der Waals surface area contributed by atoms with Crippen LogP contribution in [0.3, 0.4) is 0 Å². The quantitative estimate of drug-likeness (QED) is 0.644. The van der Waals surface area contributed by atoms with Crippen molar-refractivity contribution in [3.8, 4) is 0 Å². The predicted octanol–water partition coefficient (Wildman–Crippen LogP) is 4.62. The summed E-state index contributed by atoms with van der Waals surface area (Å²) in [5.41, 5.74) is 1.82. The first-order chi connectivity index (χ1) is 12.3. The van der Waals surface area contributed by atoms with Crippen LogP contribution in [0, 0.1) is 5.82 Å². The van der Waals surface area contributed by atoms with Gasteiger partial charge in [-0.25, -0.2) is 4.39 Å². The monoisotopic (exact) mass is 356 g/mol. The molecular weight excluding hydrogens is 335 g/mol. The van der Waals surface area contributed by atoms with Crippen molar-refractivity contribution in [1.29, 1.82) is 0 Å². The molecule has 25 heavy (non-hydrogen) atoms. The average molecular weight is 356 g/mol. The second kappa shape index (κ2) is 7.60. The van der Waals surface area contributed by atoms with Crippen LogP contribution in [0.5, 0.6) is 0 Å². The van der Waals surface area contributed by atoms with E-state index >= 15 is 0 Å². The highest BCUT2D eigenvalue weighted by atomic mass is 32.1. The van der Waals surface area contributed by atoms with Gasteiger partial charge in [0.2, 0.25) is 0 Å². The van der Waals surface area contributed by atoms with Crippen molar-refractivity contribution in [3.05, 3.63) is 64.2 Å². The Kier molecular flexibility index (Phi) is 5.06. The molecule has 4 rings (SSSR count). The first-order valence-corrected chi connectivity index (χ1v) is 9.55. The molecule has 2 aromatic heterocycles. The second-order valence-electron chi connectivity index (χ2n) is 6.52. The van der Waals surface area contributed by atoms with Crippen LogP contribution in [-0.4, -0.2) is 29.1 Å². The van der Waals surface area contributed by atoms with E-state index in [0.717, 1.165) is 49.0 Å². The SMILES string of the molecule is Fc1cc(CN(Cc2cccs2)CC2CCCO2)c2ncccc2c1. The number of fused-ring (bicyclic) bond motifs is 1. The zero-order chi connectivity index (χ0) is 17.1. The maximum absolute atomic E-state index is 14.1. The summed E-state index contributed by atoms with van der Waals surface area (Å²) in [5.74, 6) is -0.205. The molecule has 0 N–H and O–H groups in total.